The third kappa shape index (κ3) is 4.81. The minimum Gasteiger partial charge on any atom is -0.467 e. The van der Waals surface area contributed by atoms with Gasteiger partial charge in [0.2, 0.25) is 0 Å². The Hall–Kier alpha value is -3.63. The van der Waals surface area contributed by atoms with Crippen LogP contribution in [0.2, 0.25) is 0 Å². The summed E-state index contributed by atoms with van der Waals surface area (Å²) in [6, 6.07) is 31.1. The average Bonchev–Trinajstić information content (AvgIpc) is 3.30. The molecule has 4 heteroatoms. The van der Waals surface area contributed by atoms with Crippen molar-refractivity contribution < 1.29 is 9.21 Å². The van der Waals surface area contributed by atoms with E-state index in [0.717, 1.165) is 22.6 Å². The molecule has 1 aromatic heterocycles. The van der Waals surface area contributed by atoms with E-state index in [2.05, 4.69) is 22.8 Å². The van der Waals surface area contributed by atoms with Crippen molar-refractivity contribution in [3.8, 4) is 0 Å². The highest BCUT2D eigenvalue weighted by atomic mass is 16.3. The van der Waals surface area contributed by atoms with Crippen molar-refractivity contribution >= 4 is 11.6 Å². The van der Waals surface area contributed by atoms with Gasteiger partial charge in [0, 0.05) is 17.8 Å². The summed E-state index contributed by atoms with van der Waals surface area (Å²) in [5, 5.41) is 6.45. The fraction of sp³-hybridized carbons (Fsp3) is 0.0800. The predicted molar refractivity (Wildman–Crippen MR) is 115 cm³/mol. The lowest BCUT2D eigenvalue weighted by atomic mass is 10.0. The zero-order valence-electron chi connectivity index (χ0n) is 15.9. The van der Waals surface area contributed by atoms with Crippen molar-refractivity contribution in [2.24, 2.45) is 0 Å². The van der Waals surface area contributed by atoms with Crippen molar-refractivity contribution in [1.29, 1.82) is 0 Å². The van der Waals surface area contributed by atoms with Crippen molar-refractivity contribution in [3.05, 3.63) is 126 Å². The number of anilines is 1. The highest BCUT2D eigenvalue weighted by Gasteiger charge is 2.16. The van der Waals surface area contributed by atoms with Crippen LogP contribution >= 0.6 is 0 Å². The standard InChI is InChI=1S/C25H22N2O2/c28-25(27-22-10-5-2-6-11-22)21-15-13-19(14-16-21)18-26-24(23-12-7-17-29-23)20-8-3-1-4-9-20/h1-17,24,26H,18H2,(H,27,28)/t24-/m1/s1. The number of para-hydroxylation sites is 1. The number of amides is 1. The fourth-order valence-electron chi connectivity index (χ4n) is 3.20. The molecule has 0 spiro atoms. The average molecular weight is 382 g/mol. The number of hydrogen-bond donors (Lipinski definition) is 2. The second kappa shape index (κ2) is 9.04. The Labute approximate surface area is 170 Å². The number of hydrogen-bond acceptors (Lipinski definition) is 3. The normalized spacial score (nSPS) is 11.7. The smallest absolute Gasteiger partial charge is 0.255 e. The molecule has 0 bridgehead atoms. The molecule has 0 fully saturated rings. The first-order valence-electron chi connectivity index (χ1n) is 9.57. The molecule has 0 unspecified atom stereocenters. The van der Waals surface area contributed by atoms with E-state index in [1.807, 2.05) is 84.9 Å². The van der Waals surface area contributed by atoms with Crippen LogP contribution in [0.5, 0.6) is 0 Å². The lowest BCUT2D eigenvalue weighted by molar-refractivity contribution is 0.102. The summed E-state index contributed by atoms with van der Waals surface area (Å²) in [7, 11) is 0. The highest BCUT2D eigenvalue weighted by Crippen LogP contribution is 2.23. The van der Waals surface area contributed by atoms with Crippen LogP contribution < -0.4 is 10.6 Å². The molecular formula is C25H22N2O2. The largest absolute Gasteiger partial charge is 0.467 e. The first-order chi connectivity index (χ1) is 14.3. The third-order valence-corrected chi connectivity index (χ3v) is 4.72. The summed E-state index contributed by atoms with van der Waals surface area (Å²) in [6.07, 6.45) is 1.69. The molecule has 1 atom stereocenters. The van der Waals surface area contributed by atoms with Crippen LogP contribution in [0.1, 0.15) is 33.3 Å². The molecule has 144 valence electrons. The van der Waals surface area contributed by atoms with Gasteiger partial charge in [0.15, 0.2) is 0 Å². The SMILES string of the molecule is O=C(Nc1ccccc1)c1ccc(CN[C@H](c2ccccc2)c2ccco2)cc1. The first kappa shape index (κ1) is 18.7. The van der Waals surface area contributed by atoms with E-state index in [1.165, 1.54) is 0 Å². The van der Waals surface area contributed by atoms with Gasteiger partial charge in [-0.2, -0.15) is 0 Å². The van der Waals surface area contributed by atoms with Crippen molar-refractivity contribution in [2.45, 2.75) is 12.6 Å². The predicted octanol–water partition coefficient (Wildman–Crippen LogP) is 5.41. The van der Waals surface area contributed by atoms with Gasteiger partial charge < -0.3 is 9.73 Å². The molecule has 29 heavy (non-hydrogen) atoms. The number of carbonyl (C=O) groups excluding carboxylic acids is 1. The Morgan fingerprint density at radius 3 is 2.14 bits per heavy atom. The van der Waals surface area contributed by atoms with E-state index >= 15 is 0 Å². The van der Waals surface area contributed by atoms with Gasteiger partial charge in [0.05, 0.1) is 12.3 Å². The zero-order valence-corrected chi connectivity index (χ0v) is 15.9. The Bertz CT molecular complexity index is 1030. The first-order valence-corrected chi connectivity index (χ1v) is 9.57. The molecule has 0 radical (unpaired) electrons. The maximum absolute atomic E-state index is 12.4. The van der Waals surface area contributed by atoms with E-state index < -0.39 is 0 Å². The molecule has 0 aliphatic heterocycles. The molecule has 0 saturated carbocycles. The second-order valence-electron chi connectivity index (χ2n) is 6.76. The molecule has 2 N–H and O–H groups in total. The van der Waals surface area contributed by atoms with Crippen LogP contribution in [-0.2, 0) is 6.54 Å². The Morgan fingerprint density at radius 1 is 0.793 bits per heavy atom. The minimum absolute atomic E-state index is 0.0349. The summed E-state index contributed by atoms with van der Waals surface area (Å²) in [4.78, 5) is 12.4. The summed E-state index contributed by atoms with van der Waals surface area (Å²) in [5.41, 5.74) is 3.64. The Kier molecular flexibility index (Phi) is 5.84. The Balaban J connectivity index is 1.42. The molecule has 4 rings (SSSR count). The molecule has 4 aromatic rings. The molecule has 0 aliphatic rings. The van der Waals surface area contributed by atoms with E-state index in [4.69, 9.17) is 4.42 Å². The van der Waals surface area contributed by atoms with Crippen molar-refractivity contribution in [1.82, 2.24) is 5.32 Å². The van der Waals surface area contributed by atoms with Gasteiger partial charge in [-0.05, 0) is 47.5 Å². The highest BCUT2D eigenvalue weighted by molar-refractivity contribution is 6.04. The number of carbonyl (C=O) groups is 1. The van der Waals surface area contributed by atoms with Crippen LogP contribution in [0, 0.1) is 0 Å². The molecular weight excluding hydrogens is 360 g/mol. The van der Waals surface area contributed by atoms with Gasteiger partial charge in [-0.3, -0.25) is 10.1 Å². The van der Waals surface area contributed by atoms with Crippen molar-refractivity contribution in [3.63, 3.8) is 0 Å². The molecule has 0 saturated heterocycles. The van der Waals surface area contributed by atoms with Gasteiger partial charge in [-0.15, -0.1) is 0 Å². The van der Waals surface area contributed by atoms with Crippen LogP contribution in [-0.4, -0.2) is 5.91 Å². The van der Waals surface area contributed by atoms with Crippen LogP contribution in [0.15, 0.2) is 108 Å². The molecule has 1 amide bonds. The van der Waals surface area contributed by atoms with Crippen LogP contribution in [0.25, 0.3) is 0 Å². The van der Waals surface area contributed by atoms with Crippen LogP contribution in [0.3, 0.4) is 0 Å². The number of nitrogens with one attached hydrogen (secondary N) is 2. The van der Waals surface area contributed by atoms with Gasteiger partial charge in [-0.25, -0.2) is 0 Å². The monoisotopic (exact) mass is 382 g/mol. The summed E-state index contributed by atoms with van der Waals surface area (Å²) >= 11 is 0. The topological polar surface area (TPSA) is 54.3 Å². The summed E-state index contributed by atoms with van der Waals surface area (Å²) < 4.78 is 5.63. The van der Waals surface area contributed by atoms with Crippen molar-refractivity contribution in [2.75, 3.05) is 5.32 Å². The van der Waals surface area contributed by atoms with Gasteiger partial charge in [-0.1, -0.05) is 60.7 Å². The van der Waals surface area contributed by atoms with Gasteiger partial charge in [0.1, 0.15) is 5.76 Å². The van der Waals surface area contributed by atoms with E-state index in [1.54, 1.807) is 6.26 Å². The molecule has 1 heterocycles. The molecule has 4 nitrogen and oxygen atoms in total. The third-order valence-electron chi connectivity index (χ3n) is 4.72. The van der Waals surface area contributed by atoms with Crippen LogP contribution in [0.4, 0.5) is 5.69 Å². The van der Waals surface area contributed by atoms with Gasteiger partial charge in [0.25, 0.3) is 5.91 Å². The van der Waals surface area contributed by atoms with E-state index in [9.17, 15) is 4.79 Å². The summed E-state index contributed by atoms with van der Waals surface area (Å²) in [6.45, 7) is 0.654. The maximum Gasteiger partial charge on any atom is 0.255 e. The van der Waals surface area contributed by atoms with E-state index in [-0.39, 0.29) is 11.9 Å². The van der Waals surface area contributed by atoms with E-state index in [0.29, 0.717) is 12.1 Å². The van der Waals surface area contributed by atoms with Gasteiger partial charge >= 0.3 is 0 Å². The lowest BCUT2D eigenvalue weighted by Crippen LogP contribution is -2.21. The zero-order chi connectivity index (χ0) is 19.9. The number of rotatable bonds is 7. The maximum atomic E-state index is 12.4. The number of furan rings is 1. The summed E-state index contributed by atoms with van der Waals surface area (Å²) in [5.74, 6) is 0.753. The number of benzene rings is 3. The quantitative estimate of drug-likeness (QED) is 0.449. The molecule has 3 aromatic carbocycles. The molecule has 0 aliphatic carbocycles. The Morgan fingerprint density at radius 2 is 1.48 bits per heavy atom. The minimum atomic E-state index is -0.117. The fourth-order valence-corrected chi connectivity index (χ4v) is 3.20. The second-order valence-corrected chi connectivity index (χ2v) is 6.76. The lowest BCUT2D eigenvalue weighted by Gasteiger charge is -2.17.